The average molecular weight is 328 g/mol. The van der Waals surface area contributed by atoms with Gasteiger partial charge < -0.3 is 10.0 Å². The molecule has 1 amide bonds. The lowest BCUT2D eigenvalue weighted by Gasteiger charge is -2.39. The predicted octanol–water partition coefficient (Wildman–Crippen LogP) is 4.55. The molecule has 0 bridgehead atoms. The average Bonchev–Trinajstić information content (AvgIpc) is 2.28. The maximum absolute atomic E-state index is 11.5. The Balaban J connectivity index is 2.92. The molecule has 0 unspecified atom stereocenters. The largest absolute Gasteiger partial charge is 0.465 e. The minimum absolute atomic E-state index is 0.00123. The van der Waals surface area contributed by atoms with E-state index in [2.05, 4.69) is 15.9 Å². The number of halogens is 1. The zero-order chi connectivity index (χ0) is 14.6. The highest BCUT2D eigenvalue weighted by Crippen LogP contribution is 2.22. The summed E-state index contributed by atoms with van der Waals surface area (Å²) >= 11 is 3.41. The molecular formula is C15H22BrNO2. The summed E-state index contributed by atoms with van der Waals surface area (Å²) in [6.07, 6.45) is 0.698. The summed E-state index contributed by atoms with van der Waals surface area (Å²) in [5, 5.41) is 9.45. The lowest BCUT2D eigenvalue weighted by atomic mass is 9.97. The first kappa shape index (κ1) is 16.0. The van der Waals surface area contributed by atoms with Gasteiger partial charge in [-0.1, -0.05) is 35.0 Å². The first-order valence-electron chi connectivity index (χ1n) is 6.52. The Morgan fingerprint density at radius 3 is 2.21 bits per heavy atom. The van der Waals surface area contributed by atoms with Crippen molar-refractivity contribution < 1.29 is 9.90 Å². The number of nitrogens with zero attached hydrogens (tertiary/aromatic N) is 1. The summed E-state index contributed by atoms with van der Waals surface area (Å²) in [5.41, 5.74) is 0.771. The molecular weight excluding hydrogens is 306 g/mol. The van der Waals surface area contributed by atoms with Gasteiger partial charge in [-0.3, -0.25) is 0 Å². The number of hydrogen-bond acceptors (Lipinski definition) is 1. The fourth-order valence-electron chi connectivity index (χ4n) is 2.30. The van der Waals surface area contributed by atoms with Crippen LogP contribution >= 0.6 is 15.9 Å². The molecule has 1 atom stereocenters. The van der Waals surface area contributed by atoms with E-state index in [0.717, 1.165) is 22.9 Å². The highest BCUT2D eigenvalue weighted by molar-refractivity contribution is 9.10. The monoisotopic (exact) mass is 327 g/mol. The molecule has 0 saturated carbocycles. The molecule has 0 aliphatic heterocycles. The zero-order valence-corrected chi connectivity index (χ0v) is 13.6. The standard InChI is InChI=1S/C15H22BrNO2/c1-5-13(17(14(18)19)15(2,3)4)10-11-6-8-12(16)9-7-11/h6-9,13H,5,10H2,1-4H3,(H,18,19)/t13-/m1/s1. The lowest BCUT2D eigenvalue weighted by molar-refractivity contribution is 0.0686. The fraction of sp³-hybridized carbons (Fsp3) is 0.533. The van der Waals surface area contributed by atoms with Gasteiger partial charge in [-0.25, -0.2) is 4.79 Å². The van der Waals surface area contributed by atoms with Gasteiger partial charge in [-0.15, -0.1) is 0 Å². The maximum Gasteiger partial charge on any atom is 0.407 e. The van der Waals surface area contributed by atoms with Crippen LogP contribution in [0.25, 0.3) is 0 Å². The van der Waals surface area contributed by atoms with Gasteiger partial charge in [0.05, 0.1) is 0 Å². The summed E-state index contributed by atoms with van der Waals surface area (Å²) in [6, 6.07) is 8.05. The van der Waals surface area contributed by atoms with Crippen LogP contribution in [0.15, 0.2) is 28.7 Å². The molecule has 19 heavy (non-hydrogen) atoms. The van der Waals surface area contributed by atoms with E-state index in [9.17, 15) is 9.90 Å². The van der Waals surface area contributed by atoms with Gasteiger partial charge in [0, 0.05) is 16.1 Å². The molecule has 0 saturated heterocycles. The number of rotatable bonds is 4. The van der Waals surface area contributed by atoms with E-state index >= 15 is 0 Å². The Bertz CT molecular complexity index is 423. The lowest BCUT2D eigenvalue weighted by Crippen LogP contribution is -2.51. The SMILES string of the molecule is CC[C@H](Cc1ccc(Br)cc1)N(C(=O)O)C(C)(C)C. The highest BCUT2D eigenvalue weighted by atomic mass is 79.9. The molecule has 0 aliphatic carbocycles. The van der Waals surface area contributed by atoms with Crippen LogP contribution in [0.1, 0.15) is 39.7 Å². The van der Waals surface area contributed by atoms with Gasteiger partial charge in [-0.2, -0.15) is 0 Å². The van der Waals surface area contributed by atoms with Crippen molar-refractivity contribution in [2.24, 2.45) is 0 Å². The number of benzene rings is 1. The van der Waals surface area contributed by atoms with Crippen molar-refractivity contribution in [2.45, 2.75) is 52.1 Å². The second-order valence-electron chi connectivity index (χ2n) is 5.72. The molecule has 106 valence electrons. The highest BCUT2D eigenvalue weighted by Gasteiger charge is 2.32. The molecule has 3 nitrogen and oxygen atoms in total. The summed E-state index contributed by atoms with van der Waals surface area (Å²) < 4.78 is 1.04. The van der Waals surface area contributed by atoms with Crippen LogP contribution in [0.3, 0.4) is 0 Å². The van der Waals surface area contributed by atoms with Crippen molar-refractivity contribution in [1.82, 2.24) is 4.90 Å². The molecule has 0 aliphatic rings. The van der Waals surface area contributed by atoms with Gasteiger partial charge >= 0.3 is 6.09 Å². The topological polar surface area (TPSA) is 40.5 Å². The third-order valence-electron chi connectivity index (χ3n) is 3.15. The maximum atomic E-state index is 11.5. The number of carboxylic acid groups (broad SMARTS) is 1. The molecule has 1 aromatic rings. The molecule has 1 rings (SSSR count). The Morgan fingerprint density at radius 2 is 1.84 bits per heavy atom. The second-order valence-corrected chi connectivity index (χ2v) is 6.63. The van der Waals surface area contributed by atoms with Gasteiger partial charge in [0.25, 0.3) is 0 Å². The number of amides is 1. The molecule has 1 N–H and O–H groups in total. The molecule has 0 heterocycles. The normalized spacial score (nSPS) is 13.1. The number of carbonyl (C=O) groups is 1. The van der Waals surface area contributed by atoms with Crippen molar-refractivity contribution in [1.29, 1.82) is 0 Å². The Hall–Kier alpha value is -1.03. The smallest absolute Gasteiger partial charge is 0.407 e. The molecule has 0 aromatic heterocycles. The Morgan fingerprint density at radius 1 is 1.32 bits per heavy atom. The van der Waals surface area contributed by atoms with Crippen LogP contribution in [-0.2, 0) is 6.42 Å². The Kier molecular flexibility index (Phi) is 5.41. The van der Waals surface area contributed by atoms with E-state index in [4.69, 9.17) is 0 Å². The van der Waals surface area contributed by atoms with Crippen LogP contribution in [0.5, 0.6) is 0 Å². The predicted molar refractivity (Wildman–Crippen MR) is 81.5 cm³/mol. The van der Waals surface area contributed by atoms with Gasteiger partial charge in [-0.05, 0) is 51.3 Å². The minimum Gasteiger partial charge on any atom is -0.465 e. The van der Waals surface area contributed by atoms with Crippen molar-refractivity contribution in [2.75, 3.05) is 0 Å². The van der Waals surface area contributed by atoms with Gasteiger partial charge in [0.2, 0.25) is 0 Å². The molecule has 0 fully saturated rings. The van der Waals surface area contributed by atoms with Crippen molar-refractivity contribution in [3.63, 3.8) is 0 Å². The third kappa shape index (κ3) is 4.53. The van der Waals surface area contributed by atoms with E-state index in [-0.39, 0.29) is 11.6 Å². The van der Waals surface area contributed by atoms with Crippen molar-refractivity contribution in [3.8, 4) is 0 Å². The van der Waals surface area contributed by atoms with Gasteiger partial charge in [0.15, 0.2) is 0 Å². The van der Waals surface area contributed by atoms with Crippen LogP contribution in [0.4, 0.5) is 4.79 Å². The third-order valence-corrected chi connectivity index (χ3v) is 3.68. The van der Waals surface area contributed by atoms with E-state index < -0.39 is 6.09 Å². The zero-order valence-electron chi connectivity index (χ0n) is 12.0. The number of hydrogen-bond donors (Lipinski definition) is 1. The minimum atomic E-state index is -0.850. The van der Waals surface area contributed by atoms with Crippen molar-refractivity contribution in [3.05, 3.63) is 34.3 Å². The van der Waals surface area contributed by atoms with Crippen LogP contribution in [-0.4, -0.2) is 27.7 Å². The summed E-state index contributed by atoms with van der Waals surface area (Å²) in [5.74, 6) is 0. The van der Waals surface area contributed by atoms with Crippen molar-refractivity contribution >= 4 is 22.0 Å². The molecule has 1 aromatic carbocycles. The van der Waals surface area contributed by atoms with E-state index in [1.54, 1.807) is 4.90 Å². The molecule has 0 radical (unpaired) electrons. The van der Waals surface area contributed by atoms with Crippen LogP contribution in [0, 0.1) is 0 Å². The van der Waals surface area contributed by atoms with E-state index in [1.165, 1.54) is 0 Å². The summed E-state index contributed by atoms with van der Waals surface area (Å²) in [6.45, 7) is 7.84. The van der Waals surface area contributed by atoms with Gasteiger partial charge in [0.1, 0.15) is 0 Å². The first-order valence-corrected chi connectivity index (χ1v) is 7.31. The molecule has 0 spiro atoms. The summed E-state index contributed by atoms with van der Waals surface area (Å²) in [7, 11) is 0. The van der Waals surface area contributed by atoms with E-state index in [1.807, 2.05) is 52.0 Å². The first-order chi connectivity index (χ1) is 8.75. The Labute approximate surface area is 123 Å². The fourth-order valence-corrected chi connectivity index (χ4v) is 2.57. The van der Waals surface area contributed by atoms with E-state index in [0.29, 0.717) is 0 Å². The quantitative estimate of drug-likeness (QED) is 0.881. The molecule has 4 heteroatoms. The summed E-state index contributed by atoms with van der Waals surface area (Å²) in [4.78, 5) is 13.1. The second kappa shape index (κ2) is 6.42. The van der Waals surface area contributed by atoms with Crippen LogP contribution in [0.2, 0.25) is 0 Å². The van der Waals surface area contributed by atoms with Crippen LogP contribution < -0.4 is 0 Å².